The van der Waals surface area contributed by atoms with Crippen LogP contribution < -0.4 is 15.4 Å². The molecule has 10 heteroatoms. The van der Waals surface area contributed by atoms with Crippen molar-refractivity contribution in [1.82, 2.24) is 20.6 Å². The molecule has 1 aromatic heterocycles. The van der Waals surface area contributed by atoms with E-state index in [1.165, 1.54) is 18.5 Å². The predicted molar refractivity (Wildman–Crippen MR) is 122 cm³/mol. The number of aromatic nitrogens is 2. The highest BCUT2D eigenvalue weighted by Gasteiger charge is 2.17. The third kappa shape index (κ3) is 11.6. The van der Waals surface area contributed by atoms with E-state index < -0.39 is 5.91 Å². The second kappa shape index (κ2) is 17.5. The number of nitrogens with zero attached hydrogens (tertiary/aromatic N) is 4. The van der Waals surface area contributed by atoms with Crippen molar-refractivity contribution in [3.63, 3.8) is 0 Å². The molecule has 2 heterocycles. The average Bonchev–Trinajstić information content (AvgIpc) is 2.75. The molecule has 1 aliphatic rings. The van der Waals surface area contributed by atoms with Gasteiger partial charge in [0.2, 0.25) is 11.2 Å². The molecule has 0 unspecified atom stereocenters. The summed E-state index contributed by atoms with van der Waals surface area (Å²) < 4.78 is 11.0. The van der Waals surface area contributed by atoms with Crippen LogP contribution in [-0.4, -0.2) is 69.8 Å². The summed E-state index contributed by atoms with van der Waals surface area (Å²) in [5, 5.41) is 5.30. The Balaban J connectivity index is 0.00000154. The fourth-order valence-corrected chi connectivity index (χ4v) is 2.41. The van der Waals surface area contributed by atoms with Gasteiger partial charge in [-0.3, -0.25) is 14.8 Å². The molecule has 0 aliphatic carbocycles. The van der Waals surface area contributed by atoms with Crippen molar-refractivity contribution in [3.8, 4) is 5.88 Å². The van der Waals surface area contributed by atoms with E-state index >= 15 is 0 Å². The Bertz CT molecular complexity index is 691. The van der Waals surface area contributed by atoms with E-state index in [-0.39, 0.29) is 16.9 Å². The van der Waals surface area contributed by atoms with Gasteiger partial charge in [-0.05, 0) is 51.2 Å². The first-order valence-electron chi connectivity index (χ1n) is 9.77. The Labute approximate surface area is 184 Å². The van der Waals surface area contributed by atoms with Gasteiger partial charge in [-0.25, -0.2) is 4.98 Å². The second-order valence-corrected chi connectivity index (χ2v) is 6.17. The number of ether oxygens (including phenoxy) is 2. The first-order chi connectivity index (χ1) is 14.5. The maximum Gasteiger partial charge on any atom is 0.274 e. The zero-order valence-electron chi connectivity index (χ0n) is 18.4. The number of rotatable bonds is 7. The molecule has 1 saturated heterocycles. The lowest BCUT2D eigenvalue weighted by Gasteiger charge is -2.21. The lowest BCUT2D eigenvalue weighted by molar-refractivity contribution is 0.0490. The molecular formula is C20H33ClN6O3. The number of hydrogen-bond donors (Lipinski definition) is 2. The van der Waals surface area contributed by atoms with Gasteiger partial charge >= 0.3 is 0 Å². The summed E-state index contributed by atoms with van der Waals surface area (Å²) in [6.07, 6.45) is 4.69. The summed E-state index contributed by atoms with van der Waals surface area (Å²) in [5.41, 5.74) is 0.461. The van der Waals surface area contributed by atoms with Crippen LogP contribution in [0.2, 0.25) is 5.28 Å². The molecule has 0 saturated carbocycles. The van der Waals surface area contributed by atoms with Crippen molar-refractivity contribution in [2.24, 2.45) is 15.9 Å². The van der Waals surface area contributed by atoms with Gasteiger partial charge in [0.05, 0.1) is 18.5 Å². The van der Waals surface area contributed by atoms with Crippen LogP contribution in [0.1, 0.15) is 37.2 Å². The maximum absolute atomic E-state index is 12.3. The number of hydrogen-bond acceptors (Lipinski definition) is 8. The minimum atomic E-state index is -0.477. The van der Waals surface area contributed by atoms with Gasteiger partial charge < -0.3 is 20.1 Å². The average molecular weight is 441 g/mol. The van der Waals surface area contributed by atoms with Gasteiger partial charge in [-0.15, -0.1) is 0 Å². The zero-order chi connectivity index (χ0) is 22.8. The Morgan fingerprint density at radius 3 is 2.57 bits per heavy atom. The van der Waals surface area contributed by atoms with Gasteiger partial charge in [-0.2, -0.15) is 4.98 Å². The van der Waals surface area contributed by atoms with Crippen LogP contribution in [-0.2, 0) is 4.74 Å². The first-order valence-corrected chi connectivity index (χ1v) is 10.1. The smallest absolute Gasteiger partial charge is 0.274 e. The highest BCUT2D eigenvalue weighted by atomic mass is 35.5. The van der Waals surface area contributed by atoms with Gasteiger partial charge in [0, 0.05) is 32.5 Å². The summed E-state index contributed by atoms with van der Waals surface area (Å²) >= 11 is 5.90. The van der Waals surface area contributed by atoms with Crippen molar-refractivity contribution >= 4 is 30.4 Å². The third-order valence-electron chi connectivity index (χ3n) is 3.47. The maximum atomic E-state index is 12.3. The standard InChI is InChI=1S/C16H20ClN5O3.C2H7N.C2H6/c1-18-8-12(9-19-2)20-15(23)13-7-14(22-16(17)21-13)25-10-11-3-5-24-6-4-11;1-3-2;1-2/h7-9,11H,1,3-6,10H2,2H3,(H,20,23);3H,1-2H3;1-2H3/b12-8+,19-9?;;. The van der Waals surface area contributed by atoms with E-state index in [1.807, 2.05) is 27.9 Å². The molecule has 0 aromatic carbocycles. The normalized spacial score (nSPS) is 14.1. The molecular weight excluding hydrogens is 408 g/mol. The molecule has 168 valence electrons. The van der Waals surface area contributed by atoms with Gasteiger partial charge in [0.15, 0.2) is 0 Å². The fourth-order valence-electron chi connectivity index (χ4n) is 2.23. The van der Waals surface area contributed by atoms with Crippen molar-refractivity contribution in [1.29, 1.82) is 0 Å². The summed E-state index contributed by atoms with van der Waals surface area (Å²) in [6, 6.07) is 1.45. The summed E-state index contributed by atoms with van der Waals surface area (Å²) in [4.78, 5) is 27.7. The monoisotopic (exact) mass is 440 g/mol. The highest BCUT2D eigenvalue weighted by Crippen LogP contribution is 2.18. The van der Waals surface area contributed by atoms with E-state index in [0.29, 0.717) is 18.2 Å². The first kappa shape index (κ1) is 27.6. The number of amides is 1. The Morgan fingerprint density at radius 2 is 2.00 bits per heavy atom. The van der Waals surface area contributed by atoms with Gasteiger partial charge in [-0.1, -0.05) is 13.8 Å². The summed E-state index contributed by atoms with van der Waals surface area (Å²) in [5.74, 6) is 0.178. The molecule has 0 spiro atoms. The van der Waals surface area contributed by atoms with Crippen molar-refractivity contribution in [3.05, 3.63) is 28.9 Å². The predicted octanol–water partition coefficient (Wildman–Crippen LogP) is 2.77. The molecule has 1 amide bonds. The third-order valence-corrected chi connectivity index (χ3v) is 3.64. The molecule has 9 nitrogen and oxygen atoms in total. The van der Waals surface area contributed by atoms with E-state index in [1.54, 1.807) is 7.05 Å². The molecule has 0 bridgehead atoms. The zero-order valence-corrected chi connectivity index (χ0v) is 19.2. The minimum Gasteiger partial charge on any atom is -0.477 e. The molecule has 2 N–H and O–H groups in total. The van der Waals surface area contributed by atoms with Gasteiger partial charge in [0.25, 0.3) is 5.91 Å². The number of nitrogens with one attached hydrogen (secondary N) is 2. The Morgan fingerprint density at radius 1 is 1.37 bits per heavy atom. The van der Waals surface area contributed by atoms with Crippen LogP contribution in [0.3, 0.4) is 0 Å². The number of carbonyl (C=O) groups is 1. The van der Waals surface area contributed by atoms with E-state index in [9.17, 15) is 4.79 Å². The van der Waals surface area contributed by atoms with Crippen LogP contribution in [0.4, 0.5) is 0 Å². The van der Waals surface area contributed by atoms with Crippen LogP contribution >= 0.6 is 11.6 Å². The molecule has 30 heavy (non-hydrogen) atoms. The van der Waals surface area contributed by atoms with E-state index in [4.69, 9.17) is 21.1 Å². The topological polar surface area (TPSA) is 110 Å². The van der Waals surface area contributed by atoms with E-state index in [0.717, 1.165) is 26.1 Å². The molecule has 1 aliphatic heterocycles. The fraction of sp³-hybridized carbons (Fsp3) is 0.550. The number of halogens is 1. The number of carbonyl (C=O) groups excluding carboxylic acids is 1. The van der Waals surface area contributed by atoms with Crippen molar-refractivity contribution in [2.45, 2.75) is 26.7 Å². The van der Waals surface area contributed by atoms with Crippen LogP contribution in [0.5, 0.6) is 5.88 Å². The summed E-state index contributed by atoms with van der Waals surface area (Å²) in [6.45, 7) is 9.30. The summed E-state index contributed by atoms with van der Waals surface area (Å²) in [7, 11) is 5.33. The molecule has 0 atom stereocenters. The van der Waals surface area contributed by atoms with Crippen molar-refractivity contribution < 1.29 is 14.3 Å². The largest absolute Gasteiger partial charge is 0.477 e. The number of allylic oxidation sites excluding steroid dienone is 1. The Kier molecular flexibility index (Phi) is 16.1. The lowest BCUT2D eigenvalue weighted by atomic mass is 10.0. The van der Waals surface area contributed by atoms with Crippen molar-refractivity contribution in [2.75, 3.05) is 41.0 Å². The van der Waals surface area contributed by atoms with Crippen LogP contribution in [0, 0.1) is 5.92 Å². The quantitative estimate of drug-likeness (QED) is 0.498. The molecule has 1 aromatic rings. The minimum absolute atomic E-state index is 0.0637. The van der Waals surface area contributed by atoms with Gasteiger partial charge in [0.1, 0.15) is 5.69 Å². The van der Waals surface area contributed by atoms with Crippen LogP contribution in [0.25, 0.3) is 0 Å². The molecule has 0 radical (unpaired) electrons. The number of aliphatic imine (C=N–C) groups is 2. The van der Waals surface area contributed by atoms with Crippen LogP contribution in [0.15, 0.2) is 27.9 Å². The SMILES string of the molecule is C=N/C=C(\C=NC)NC(=O)c1cc(OCC2CCOCC2)nc(Cl)n1.CC.CNC. The molecule has 1 fully saturated rings. The Hall–Kier alpha value is -2.36. The second-order valence-electron chi connectivity index (χ2n) is 5.84. The molecule has 2 rings (SSSR count). The highest BCUT2D eigenvalue weighted by molar-refractivity contribution is 6.28. The van der Waals surface area contributed by atoms with E-state index in [2.05, 4.69) is 37.3 Å². The lowest BCUT2D eigenvalue weighted by Crippen LogP contribution is -2.25.